The first-order valence-corrected chi connectivity index (χ1v) is 17.6. The van der Waals surface area contributed by atoms with Crippen molar-refractivity contribution in [2.75, 3.05) is 19.8 Å². The van der Waals surface area contributed by atoms with Crippen molar-refractivity contribution in [2.24, 2.45) is 39.7 Å². The SMILES string of the molecule is C#C[C@]1(O)CC[C@H]2[C@@H]3CCC4=C/C(=N\OCC(=O)NCC[C@]5(c6ccccc6)CCO[C@H](C(C)C)C5)CC[C@]4(C)[C@H]3CC[C@@]21C. The number of terminal acetylenes is 1. The van der Waals surface area contributed by atoms with Crippen molar-refractivity contribution in [3.05, 3.63) is 47.5 Å². The van der Waals surface area contributed by atoms with Gasteiger partial charge in [-0.3, -0.25) is 4.79 Å². The van der Waals surface area contributed by atoms with Crippen molar-refractivity contribution >= 4 is 11.6 Å². The molecule has 244 valence electrons. The molecule has 0 spiro atoms. The fourth-order valence-corrected chi connectivity index (χ4v) is 10.4. The van der Waals surface area contributed by atoms with Crippen LogP contribution < -0.4 is 5.32 Å². The van der Waals surface area contributed by atoms with E-state index in [4.69, 9.17) is 16.0 Å². The average molecular weight is 615 g/mol. The molecule has 1 aromatic carbocycles. The van der Waals surface area contributed by atoms with E-state index >= 15 is 0 Å². The highest BCUT2D eigenvalue weighted by atomic mass is 16.6. The number of amides is 1. The normalized spacial score (nSPS) is 40.1. The number of hydrogen-bond acceptors (Lipinski definition) is 5. The minimum absolute atomic E-state index is 0.00000715. The van der Waals surface area contributed by atoms with Gasteiger partial charge in [0.2, 0.25) is 0 Å². The van der Waals surface area contributed by atoms with E-state index in [0.29, 0.717) is 30.2 Å². The van der Waals surface area contributed by atoms with Crippen molar-refractivity contribution in [3.63, 3.8) is 0 Å². The molecule has 0 radical (unpaired) electrons. The average Bonchev–Trinajstić information content (AvgIpc) is 3.32. The summed E-state index contributed by atoms with van der Waals surface area (Å²) < 4.78 is 6.11. The van der Waals surface area contributed by atoms with E-state index in [-0.39, 0.29) is 34.9 Å². The fraction of sp³-hybridized carbons (Fsp3) is 0.692. The summed E-state index contributed by atoms with van der Waals surface area (Å²) in [4.78, 5) is 18.4. The van der Waals surface area contributed by atoms with E-state index in [1.54, 1.807) is 0 Å². The number of rotatable bonds is 8. The molecule has 45 heavy (non-hydrogen) atoms. The predicted octanol–water partition coefficient (Wildman–Crippen LogP) is 6.97. The monoisotopic (exact) mass is 614 g/mol. The van der Waals surface area contributed by atoms with Gasteiger partial charge in [0, 0.05) is 24.0 Å². The molecule has 5 aliphatic rings. The maximum atomic E-state index is 12.8. The lowest BCUT2D eigenvalue weighted by Gasteiger charge is -2.58. The third-order valence-corrected chi connectivity index (χ3v) is 13.3. The van der Waals surface area contributed by atoms with Crippen LogP contribution in [0, 0.1) is 46.8 Å². The third-order valence-electron chi connectivity index (χ3n) is 13.3. The Bertz CT molecular complexity index is 1350. The van der Waals surface area contributed by atoms with Gasteiger partial charge in [-0.25, -0.2) is 0 Å². The van der Waals surface area contributed by atoms with Crippen molar-refractivity contribution in [3.8, 4) is 12.3 Å². The van der Waals surface area contributed by atoms with Crippen LogP contribution >= 0.6 is 0 Å². The fourth-order valence-electron chi connectivity index (χ4n) is 10.4. The molecule has 0 bridgehead atoms. The van der Waals surface area contributed by atoms with Gasteiger partial charge in [0.1, 0.15) is 5.60 Å². The van der Waals surface area contributed by atoms with Crippen LogP contribution in [0.25, 0.3) is 0 Å². The second-order valence-corrected chi connectivity index (χ2v) is 15.7. The molecule has 8 atom stereocenters. The lowest BCUT2D eigenvalue weighted by atomic mass is 9.46. The number of ether oxygens (including phenoxy) is 1. The molecule has 1 amide bonds. The Morgan fingerprint density at radius 2 is 1.89 bits per heavy atom. The van der Waals surface area contributed by atoms with Crippen LogP contribution in [-0.4, -0.2) is 48.2 Å². The topological polar surface area (TPSA) is 80.2 Å². The Hall–Kier alpha value is -2.62. The Labute approximate surface area is 270 Å². The number of nitrogens with one attached hydrogen (secondary N) is 1. The van der Waals surface area contributed by atoms with E-state index < -0.39 is 5.60 Å². The van der Waals surface area contributed by atoms with Crippen LogP contribution in [0.5, 0.6) is 0 Å². The molecule has 1 saturated heterocycles. The van der Waals surface area contributed by atoms with Crippen molar-refractivity contribution in [1.82, 2.24) is 5.32 Å². The molecule has 6 rings (SSSR count). The molecular formula is C39H54N2O4. The molecule has 1 aromatic rings. The minimum Gasteiger partial charge on any atom is -0.385 e. The molecule has 0 unspecified atom stereocenters. The first-order valence-electron chi connectivity index (χ1n) is 17.6. The van der Waals surface area contributed by atoms with Gasteiger partial charge >= 0.3 is 0 Å². The van der Waals surface area contributed by atoms with Crippen LogP contribution in [0.3, 0.4) is 0 Å². The molecule has 4 aliphatic carbocycles. The number of oxime groups is 1. The largest absolute Gasteiger partial charge is 0.385 e. The van der Waals surface area contributed by atoms with Gasteiger partial charge in [0.25, 0.3) is 5.91 Å². The quantitative estimate of drug-likeness (QED) is 0.245. The Balaban J connectivity index is 1.03. The number of benzene rings is 1. The number of carbonyl (C=O) groups is 1. The van der Waals surface area contributed by atoms with Crippen molar-refractivity contribution < 1.29 is 19.5 Å². The van der Waals surface area contributed by atoms with E-state index in [9.17, 15) is 9.90 Å². The van der Waals surface area contributed by atoms with Crippen LogP contribution in [0.2, 0.25) is 0 Å². The molecular weight excluding hydrogens is 560 g/mol. The summed E-state index contributed by atoms with van der Waals surface area (Å²) in [5.74, 6) is 4.86. The molecule has 1 heterocycles. The highest BCUT2D eigenvalue weighted by Gasteiger charge is 2.63. The van der Waals surface area contributed by atoms with E-state index in [1.807, 2.05) is 0 Å². The van der Waals surface area contributed by atoms with Crippen molar-refractivity contribution in [1.29, 1.82) is 0 Å². The van der Waals surface area contributed by atoms with Crippen LogP contribution in [-0.2, 0) is 19.8 Å². The smallest absolute Gasteiger partial charge is 0.260 e. The molecule has 4 fully saturated rings. The highest BCUT2D eigenvalue weighted by Crippen LogP contribution is 2.67. The maximum Gasteiger partial charge on any atom is 0.260 e. The standard InChI is InChI=1S/C39H54N2O4/c1-6-39(43)19-16-33-31-13-12-29-24-30(14-17-36(29,4)32(31)15-18-37(33,39)5)41-45-26-35(42)40-22-20-38(28-10-8-7-9-11-28)21-23-44-34(25-38)27(2)3/h1,7-11,24,27,31-34,43H,12-23,25-26H2,2-5H3,(H,40,42)/b41-30-/t31-,32+,33+,34+,36+,37+,38+,39+/m1/s1. The van der Waals surface area contributed by atoms with Crippen LogP contribution in [0.1, 0.15) is 104 Å². The summed E-state index contributed by atoms with van der Waals surface area (Å²) in [6.07, 6.45) is 19.2. The number of aliphatic hydroxyl groups is 1. The van der Waals surface area contributed by atoms with Gasteiger partial charge in [-0.15, -0.1) is 6.42 Å². The summed E-state index contributed by atoms with van der Waals surface area (Å²) >= 11 is 0. The van der Waals surface area contributed by atoms with Gasteiger partial charge in [-0.2, -0.15) is 0 Å². The van der Waals surface area contributed by atoms with Crippen molar-refractivity contribution in [2.45, 2.75) is 115 Å². The van der Waals surface area contributed by atoms with E-state index in [0.717, 1.165) is 82.9 Å². The zero-order valence-corrected chi connectivity index (χ0v) is 27.9. The summed E-state index contributed by atoms with van der Waals surface area (Å²) in [6.45, 7) is 10.4. The third kappa shape index (κ3) is 5.78. The Kier molecular flexibility index (Phi) is 9.00. The van der Waals surface area contributed by atoms with Gasteiger partial charge in [-0.05, 0) is 111 Å². The molecule has 6 nitrogen and oxygen atoms in total. The van der Waals surface area contributed by atoms with E-state index in [1.165, 1.54) is 11.1 Å². The maximum absolute atomic E-state index is 12.8. The summed E-state index contributed by atoms with van der Waals surface area (Å²) in [6, 6.07) is 10.7. The van der Waals surface area contributed by atoms with Crippen LogP contribution in [0.15, 0.2) is 47.1 Å². The predicted molar refractivity (Wildman–Crippen MR) is 178 cm³/mol. The highest BCUT2D eigenvalue weighted by molar-refractivity contribution is 5.96. The molecule has 3 saturated carbocycles. The van der Waals surface area contributed by atoms with Gasteiger partial charge in [0.15, 0.2) is 6.61 Å². The molecule has 0 aromatic heterocycles. The number of hydrogen-bond donors (Lipinski definition) is 2. The van der Waals surface area contributed by atoms with Gasteiger partial charge in [-0.1, -0.05) is 74.7 Å². The summed E-state index contributed by atoms with van der Waals surface area (Å²) in [5, 5.41) is 18.8. The summed E-state index contributed by atoms with van der Waals surface area (Å²) in [7, 11) is 0. The second-order valence-electron chi connectivity index (χ2n) is 15.7. The van der Waals surface area contributed by atoms with Crippen LogP contribution in [0.4, 0.5) is 0 Å². The van der Waals surface area contributed by atoms with Gasteiger partial charge in [0.05, 0.1) is 11.8 Å². The molecule has 6 heteroatoms. The van der Waals surface area contributed by atoms with E-state index in [2.05, 4.69) is 80.5 Å². The Morgan fingerprint density at radius 3 is 2.64 bits per heavy atom. The zero-order valence-electron chi connectivity index (χ0n) is 27.9. The first-order chi connectivity index (χ1) is 21.5. The summed E-state index contributed by atoms with van der Waals surface area (Å²) in [5.41, 5.74) is 2.80. The molecule has 1 aliphatic heterocycles. The number of fused-ring (bicyclic) bond motifs is 5. The lowest BCUT2D eigenvalue weighted by Crippen LogP contribution is -2.54. The Morgan fingerprint density at radius 1 is 1.11 bits per heavy atom. The lowest BCUT2D eigenvalue weighted by molar-refractivity contribution is -0.125. The number of nitrogens with zero attached hydrogens (tertiary/aromatic N) is 1. The minimum atomic E-state index is -0.958. The second kappa shape index (κ2) is 12.5. The molecule has 2 N–H and O–H groups in total. The first kappa shape index (κ1) is 32.3. The number of carbonyl (C=O) groups excluding carboxylic acids is 1. The van der Waals surface area contributed by atoms with Gasteiger partial charge < -0.3 is 20.0 Å². The zero-order chi connectivity index (χ0) is 31.9. The number of allylic oxidation sites excluding steroid dienone is 2.